The van der Waals surface area contributed by atoms with E-state index in [9.17, 15) is 0 Å². The van der Waals surface area contributed by atoms with Crippen LogP contribution in [0.2, 0.25) is 0 Å². The monoisotopic (exact) mass is 274 g/mol. The molecule has 2 heterocycles. The molecule has 1 spiro atoms. The minimum absolute atomic E-state index is 0.0349. The maximum atomic E-state index is 6.56. The SMILES string of the molecule is Cc1cc(C)c2c(c1)C(N(C)C)CC1(CCNCC1)O2. The maximum absolute atomic E-state index is 6.56. The summed E-state index contributed by atoms with van der Waals surface area (Å²) in [6.45, 7) is 6.49. The lowest BCUT2D eigenvalue weighted by Crippen LogP contribution is -2.50. The molecule has 1 N–H and O–H groups in total. The molecule has 0 bridgehead atoms. The Balaban J connectivity index is 2.05. The van der Waals surface area contributed by atoms with Gasteiger partial charge >= 0.3 is 0 Å². The molecule has 3 nitrogen and oxygen atoms in total. The van der Waals surface area contributed by atoms with Gasteiger partial charge in [-0.2, -0.15) is 0 Å². The van der Waals surface area contributed by atoms with Crippen molar-refractivity contribution in [3.8, 4) is 5.75 Å². The van der Waals surface area contributed by atoms with Crippen molar-refractivity contribution in [2.75, 3.05) is 27.2 Å². The molecule has 1 unspecified atom stereocenters. The predicted molar refractivity (Wildman–Crippen MR) is 82.4 cm³/mol. The van der Waals surface area contributed by atoms with Gasteiger partial charge in [0.15, 0.2) is 0 Å². The molecule has 1 atom stereocenters. The summed E-state index contributed by atoms with van der Waals surface area (Å²) in [5.74, 6) is 1.14. The van der Waals surface area contributed by atoms with Crippen LogP contribution >= 0.6 is 0 Å². The van der Waals surface area contributed by atoms with Gasteiger partial charge in [-0.15, -0.1) is 0 Å². The summed E-state index contributed by atoms with van der Waals surface area (Å²) in [6, 6.07) is 5.02. The number of hydrogen-bond donors (Lipinski definition) is 1. The summed E-state index contributed by atoms with van der Waals surface area (Å²) in [7, 11) is 4.37. The number of aryl methyl sites for hydroxylation is 2. The van der Waals surface area contributed by atoms with Crippen molar-refractivity contribution in [3.63, 3.8) is 0 Å². The molecule has 110 valence electrons. The van der Waals surface area contributed by atoms with E-state index >= 15 is 0 Å². The van der Waals surface area contributed by atoms with Crippen molar-refractivity contribution < 1.29 is 4.74 Å². The average molecular weight is 274 g/mol. The minimum atomic E-state index is 0.0349. The molecule has 0 aliphatic carbocycles. The summed E-state index contributed by atoms with van der Waals surface area (Å²) >= 11 is 0. The lowest BCUT2D eigenvalue weighted by molar-refractivity contribution is -0.0124. The smallest absolute Gasteiger partial charge is 0.127 e. The number of hydrogen-bond acceptors (Lipinski definition) is 3. The van der Waals surface area contributed by atoms with Gasteiger partial charge in [0.25, 0.3) is 0 Å². The molecular weight excluding hydrogens is 248 g/mol. The van der Waals surface area contributed by atoms with Gasteiger partial charge in [-0.25, -0.2) is 0 Å². The van der Waals surface area contributed by atoms with E-state index in [4.69, 9.17) is 4.74 Å². The summed E-state index contributed by atoms with van der Waals surface area (Å²) in [5, 5.41) is 3.45. The topological polar surface area (TPSA) is 24.5 Å². The van der Waals surface area contributed by atoms with Gasteiger partial charge in [-0.3, -0.25) is 0 Å². The highest BCUT2D eigenvalue weighted by molar-refractivity contribution is 5.47. The van der Waals surface area contributed by atoms with Crippen molar-refractivity contribution >= 4 is 0 Å². The van der Waals surface area contributed by atoms with Crippen LogP contribution in [-0.4, -0.2) is 37.7 Å². The van der Waals surface area contributed by atoms with Crippen LogP contribution in [-0.2, 0) is 0 Å². The first kappa shape index (κ1) is 13.9. The number of benzene rings is 1. The van der Waals surface area contributed by atoms with Crippen molar-refractivity contribution in [1.29, 1.82) is 0 Å². The highest BCUT2D eigenvalue weighted by atomic mass is 16.5. The lowest BCUT2D eigenvalue weighted by atomic mass is 9.80. The van der Waals surface area contributed by atoms with Crippen LogP contribution in [0.25, 0.3) is 0 Å². The maximum Gasteiger partial charge on any atom is 0.127 e. The van der Waals surface area contributed by atoms with E-state index < -0.39 is 0 Å². The van der Waals surface area contributed by atoms with Gasteiger partial charge in [0, 0.05) is 18.0 Å². The second kappa shape index (κ2) is 5.05. The van der Waals surface area contributed by atoms with E-state index in [0.29, 0.717) is 6.04 Å². The van der Waals surface area contributed by atoms with Crippen LogP contribution in [0.5, 0.6) is 5.75 Å². The van der Waals surface area contributed by atoms with Crippen LogP contribution in [0.3, 0.4) is 0 Å². The number of rotatable bonds is 1. The Morgan fingerprint density at radius 3 is 2.55 bits per heavy atom. The standard InChI is InChI=1S/C17H26N2O/c1-12-9-13(2)16-14(10-12)15(19(3)4)11-17(20-16)5-7-18-8-6-17/h9-10,15,18H,5-8,11H2,1-4H3. The van der Waals surface area contributed by atoms with Crippen LogP contribution in [0.15, 0.2) is 12.1 Å². The van der Waals surface area contributed by atoms with E-state index in [1.54, 1.807) is 0 Å². The Morgan fingerprint density at radius 1 is 1.20 bits per heavy atom. The zero-order chi connectivity index (χ0) is 14.3. The second-order valence-electron chi connectivity index (χ2n) is 6.72. The van der Waals surface area contributed by atoms with E-state index in [0.717, 1.165) is 38.1 Å². The summed E-state index contributed by atoms with van der Waals surface area (Å²) < 4.78 is 6.56. The fraction of sp³-hybridized carbons (Fsp3) is 0.647. The summed E-state index contributed by atoms with van der Waals surface area (Å²) in [5.41, 5.74) is 4.02. The molecule has 0 saturated carbocycles. The summed E-state index contributed by atoms with van der Waals surface area (Å²) in [6.07, 6.45) is 3.34. The fourth-order valence-electron chi connectivity index (χ4n) is 3.74. The lowest BCUT2D eigenvalue weighted by Gasteiger charge is -2.47. The second-order valence-corrected chi connectivity index (χ2v) is 6.72. The van der Waals surface area contributed by atoms with Gasteiger partial charge in [-0.05, 0) is 59.4 Å². The van der Waals surface area contributed by atoms with E-state index in [-0.39, 0.29) is 5.60 Å². The van der Waals surface area contributed by atoms with Crippen LogP contribution in [0.1, 0.15) is 42.0 Å². The molecule has 0 amide bonds. The zero-order valence-electron chi connectivity index (χ0n) is 13.1. The van der Waals surface area contributed by atoms with Crippen LogP contribution < -0.4 is 10.1 Å². The van der Waals surface area contributed by atoms with E-state index in [1.807, 2.05) is 0 Å². The Bertz CT molecular complexity index is 504. The first-order valence-electron chi connectivity index (χ1n) is 7.68. The molecule has 1 saturated heterocycles. The quantitative estimate of drug-likeness (QED) is 0.852. The normalized spacial score (nSPS) is 24.6. The molecule has 2 aliphatic rings. The number of nitrogens with one attached hydrogen (secondary N) is 1. The third kappa shape index (κ3) is 2.33. The first-order chi connectivity index (χ1) is 9.51. The molecule has 2 aliphatic heterocycles. The molecule has 0 radical (unpaired) electrons. The molecular formula is C17H26N2O. The van der Waals surface area contributed by atoms with Gasteiger partial charge < -0.3 is 15.0 Å². The largest absolute Gasteiger partial charge is 0.486 e. The molecule has 1 aromatic rings. The number of ether oxygens (including phenoxy) is 1. The Labute approximate surface area is 122 Å². The first-order valence-corrected chi connectivity index (χ1v) is 7.68. The number of fused-ring (bicyclic) bond motifs is 1. The van der Waals surface area contributed by atoms with E-state index in [2.05, 4.69) is 50.3 Å². The highest BCUT2D eigenvalue weighted by Crippen LogP contribution is 2.46. The number of piperidine rings is 1. The number of nitrogens with zero attached hydrogens (tertiary/aromatic N) is 1. The Hall–Kier alpha value is -1.06. The van der Waals surface area contributed by atoms with Crippen molar-refractivity contribution in [2.24, 2.45) is 0 Å². The molecule has 1 fully saturated rings. The zero-order valence-corrected chi connectivity index (χ0v) is 13.1. The van der Waals surface area contributed by atoms with Gasteiger partial charge in [0.05, 0.1) is 0 Å². The third-order valence-corrected chi connectivity index (χ3v) is 4.83. The van der Waals surface area contributed by atoms with Crippen molar-refractivity contribution in [2.45, 2.75) is 44.8 Å². The van der Waals surface area contributed by atoms with Crippen LogP contribution in [0.4, 0.5) is 0 Å². The highest BCUT2D eigenvalue weighted by Gasteiger charge is 2.43. The van der Waals surface area contributed by atoms with E-state index in [1.165, 1.54) is 16.7 Å². The average Bonchev–Trinajstić information content (AvgIpc) is 2.40. The third-order valence-electron chi connectivity index (χ3n) is 4.83. The van der Waals surface area contributed by atoms with Gasteiger partial charge in [0.1, 0.15) is 11.4 Å². The Morgan fingerprint density at radius 2 is 1.90 bits per heavy atom. The fourth-order valence-corrected chi connectivity index (χ4v) is 3.74. The molecule has 20 heavy (non-hydrogen) atoms. The molecule has 3 rings (SSSR count). The predicted octanol–water partition coefficient (Wildman–Crippen LogP) is 2.81. The van der Waals surface area contributed by atoms with Crippen LogP contribution in [0, 0.1) is 13.8 Å². The Kier molecular flexibility index (Phi) is 3.51. The van der Waals surface area contributed by atoms with Crippen molar-refractivity contribution in [1.82, 2.24) is 10.2 Å². The van der Waals surface area contributed by atoms with Crippen molar-refractivity contribution in [3.05, 3.63) is 28.8 Å². The molecule has 0 aromatic heterocycles. The molecule has 1 aromatic carbocycles. The molecule has 3 heteroatoms. The minimum Gasteiger partial charge on any atom is -0.486 e. The summed E-state index contributed by atoms with van der Waals surface area (Å²) in [4.78, 5) is 2.35. The van der Waals surface area contributed by atoms with Gasteiger partial charge in [0.2, 0.25) is 0 Å². The van der Waals surface area contributed by atoms with Gasteiger partial charge in [-0.1, -0.05) is 17.7 Å².